The monoisotopic (exact) mass is 277 g/mol. The summed E-state index contributed by atoms with van der Waals surface area (Å²) in [6.45, 7) is 7.43. The van der Waals surface area contributed by atoms with Gasteiger partial charge in [-0.25, -0.2) is 0 Å². The first-order valence-electron chi connectivity index (χ1n) is 7.22. The Morgan fingerprint density at radius 3 is 2.80 bits per heavy atom. The zero-order valence-electron chi connectivity index (χ0n) is 12.4. The maximum Gasteiger partial charge on any atom is 0.259 e. The first kappa shape index (κ1) is 14.8. The molecule has 5 nitrogen and oxygen atoms in total. The van der Waals surface area contributed by atoms with Crippen molar-refractivity contribution in [2.45, 2.75) is 45.7 Å². The van der Waals surface area contributed by atoms with Crippen molar-refractivity contribution in [1.82, 2.24) is 15.2 Å². The zero-order chi connectivity index (χ0) is 14.7. The normalized spacial score (nSPS) is 18.5. The molecule has 0 aliphatic carbocycles. The minimum absolute atomic E-state index is 0.0746. The lowest BCUT2D eigenvalue weighted by atomic mass is 10.1. The van der Waals surface area contributed by atoms with Crippen LogP contribution in [0.4, 0.5) is 0 Å². The van der Waals surface area contributed by atoms with Crippen LogP contribution in [-0.2, 0) is 0 Å². The molecule has 1 aromatic rings. The molecular weight excluding hydrogens is 254 g/mol. The molecule has 1 saturated heterocycles. The van der Waals surface area contributed by atoms with E-state index in [9.17, 15) is 9.59 Å². The van der Waals surface area contributed by atoms with Gasteiger partial charge in [-0.2, -0.15) is 0 Å². The number of hydrogen-bond acceptors (Lipinski definition) is 3. The van der Waals surface area contributed by atoms with E-state index in [1.807, 2.05) is 13.8 Å². The van der Waals surface area contributed by atoms with E-state index in [4.69, 9.17) is 0 Å². The number of H-pyrrole nitrogens is 1. The Morgan fingerprint density at radius 1 is 1.50 bits per heavy atom. The number of aromatic nitrogens is 1. The van der Waals surface area contributed by atoms with Crippen LogP contribution in [-0.4, -0.2) is 41.0 Å². The minimum atomic E-state index is -0.212. The number of pyridine rings is 1. The van der Waals surface area contributed by atoms with E-state index in [0.717, 1.165) is 25.1 Å². The van der Waals surface area contributed by atoms with Gasteiger partial charge in [-0.1, -0.05) is 0 Å². The third-order valence-corrected chi connectivity index (χ3v) is 3.75. The third-order valence-electron chi connectivity index (χ3n) is 3.75. The Labute approximate surface area is 119 Å². The van der Waals surface area contributed by atoms with Crippen LogP contribution in [0.1, 0.15) is 42.7 Å². The fraction of sp³-hybridized carbons (Fsp3) is 0.600. The van der Waals surface area contributed by atoms with Crippen LogP contribution < -0.4 is 10.7 Å². The lowest BCUT2D eigenvalue weighted by molar-refractivity contribution is 0.0687. The van der Waals surface area contributed by atoms with Gasteiger partial charge < -0.3 is 15.2 Å². The van der Waals surface area contributed by atoms with E-state index in [1.165, 1.54) is 12.3 Å². The molecule has 1 aromatic heterocycles. The molecule has 0 saturated carbocycles. The Kier molecular flexibility index (Phi) is 4.60. The second kappa shape index (κ2) is 6.22. The van der Waals surface area contributed by atoms with Crippen LogP contribution in [0.25, 0.3) is 0 Å². The van der Waals surface area contributed by atoms with Crippen molar-refractivity contribution in [2.24, 2.45) is 0 Å². The smallest absolute Gasteiger partial charge is 0.259 e. The van der Waals surface area contributed by atoms with Gasteiger partial charge in [0, 0.05) is 36.6 Å². The molecule has 0 bridgehead atoms. The summed E-state index contributed by atoms with van der Waals surface area (Å²) in [6.07, 6.45) is 3.76. The topological polar surface area (TPSA) is 65.2 Å². The van der Waals surface area contributed by atoms with Crippen molar-refractivity contribution in [3.8, 4) is 0 Å². The molecule has 1 unspecified atom stereocenters. The fourth-order valence-corrected chi connectivity index (χ4v) is 2.57. The molecule has 2 heterocycles. The van der Waals surface area contributed by atoms with E-state index in [2.05, 4.69) is 10.3 Å². The number of rotatable bonds is 4. The van der Waals surface area contributed by atoms with Gasteiger partial charge in [0.05, 0.1) is 0 Å². The number of carbonyl (C=O) groups excluding carboxylic acids is 1. The molecule has 2 rings (SSSR count). The predicted molar refractivity (Wildman–Crippen MR) is 79.0 cm³/mol. The molecule has 1 fully saturated rings. The van der Waals surface area contributed by atoms with Crippen molar-refractivity contribution in [3.63, 3.8) is 0 Å². The van der Waals surface area contributed by atoms with Crippen molar-refractivity contribution < 1.29 is 4.79 Å². The lowest BCUT2D eigenvalue weighted by Gasteiger charge is -2.29. The highest BCUT2D eigenvalue weighted by Gasteiger charge is 2.25. The Hall–Kier alpha value is -1.62. The minimum Gasteiger partial charge on any atom is -0.364 e. The average Bonchev–Trinajstić information content (AvgIpc) is 2.87. The number of carbonyl (C=O) groups is 1. The molecule has 1 amide bonds. The predicted octanol–water partition coefficient (Wildman–Crippen LogP) is 1.29. The van der Waals surface area contributed by atoms with Gasteiger partial charge in [-0.3, -0.25) is 9.59 Å². The Morgan fingerprint density at radius 2 is 2.25 bits per heavy atom. The summed E-state index contributed by atoms with van der Waals surface area (Å²) in [5.74, 6) is -0.185. The second-order valence-electron chi connectivity index (χ2n) is 5.74. The van der Waals surface area contributed by atoms with Crippen molar-refractivity contribution in [1.29, 1.82) is 0 Å². The van der Waals surface area contributed by atoms with E-state index in [-0.39, 0.29) is 22.9 Å². The van der Waals surface area contributed by atoms with E-state index in [0.29, 0.717) is 12.6 Å². The van der Waals surface area contributed by atoms with Gasteiger partial charge in [-0.05, 0) is 40.2 Å². The molecule has 1 aliphatic rings. The summed E-state index contributed by atoms with van der Waals surface area (Å²) in [5.41, 5.74) is 0.777. The maximum atomic E-state index is 12.6. The van der Waals surface area contributed by atoms with Crippen LogP contribution in [0.15, 0.2) is 17.1 Å². The van der Waals surface area contributed by atoms with E-state index < -0.39 is 0 Å². The van der Waals surface area contributed by atoms with Gasteiger partial charge in [0.15, 0.2) is 5.43 Å². The molecule has 2 N–H and O–H groups in total. The van der Waals surface area contributed by atoms with E-state index in [1.54, 1.807) is 11.8 Å². The fourth-order valence-electron chi connectivity index (χ4n) is 2.57. The average molecular weight is 277 g/mol. The van der Waals surface area contributed by atoms with Crippen LogP contribution in [0, 0.1) is 6.92 Å². The third kappa shape index (κ3) is 3.28. The first-order chi connectivity index (χ1) is 9.49. The highest BCUT2D eigenvalue weighted by Crippen LogP contribution is 2.11. The lowest BCUT2D eigenvalue weighted by Crippen LogP contribution is -2.46. The van der Waals surface area contributed by atoms with Crippen LogP contribution >= 0.6 is 0 Å². The summed E-state index contributed by atoms with van der Waals surface area (Å²) >= 11 is 0. The molecule has 1 atom stereocenters. The zero-order valence-corrected chi connectivity index (χ0v) is 12.4. The molecule has 1 aliphatic heterocycles. The van der Waals surface area contributed by atoms with Crippen molar-refractivity contribution >= 4 is 5.91 Å². The van der Waals surface area contributed by atoms with E-state index >= 15 is 0 Å². The SMILES string of the molecule is Cc1cc(=O)c(C(=O)N(CC2CCCN2)C(C)C)c[nH]1. The number of hydrogen-bond donors (Lipinski definition) is 2. The molecule has 0 aromatic carbocycles. The Bertz CT molecular complexity index is 530. The van der Waals surface area contributed by atoms with Crippen LogP contribution in [0.2, 0.25) is 0 Å². The molecular formula is C15H23N3O2. The van der Waals surface area contributed by atoms with Crippen molar-refractivity contribution in [2.75, 3.05) is 13.1 Å². The number of amides is 1. The van der Waals surface area contributed by atoms with Gasteiger partial charge in [0.25, 0.3) is 5.91 Å². The van der Waals surface area contributed by atoms with Crippen LogP contribution in [0.3, 0.4) is 0 Å². The molecule has 5 heteroatoms. The number of nitrogens with one attached hydrogen (secondary N) is 2. The number of aromatic amines is 1. The standard InChI is InChI=1S/C15H23N3O2/c1-10(2)18(9-12-5-4-6-16-12)15(20)13-8-17-11(3)7-14(13)19/h7-8,10,12,16H,4-6,9H2,1-3H3,(H,17,19). The largest absolute Gasteiger partial charge is 0.364 e. The van der Waals surface area contributed by atoms with Gasteiger partial charge in [-0.15, -0.1) is 0 Å². The summed E-state index contributed by atoms with van der Waals surface area (Å²) in [7, 11) is 0. The van der Waals surface area contributed by atoms with Crippen LogP contribution in [0.5, 0.6) is 0 Å². The highest BCUT2D eigenvalue weighted by molar-refractivity contribution is 5.94. The maximum absolute atomic E-state index is 12.6. The summed E-state index contributed by atoms with van der Waals surface area (Å²) < 4.78 is 0. The molecule has 20 heavy (non-hydrogen) atoms. The van der Waals surface area contributed by atoms with Gasteiger partial charge >= 0.3 is 0 Å². The summed E-state index contributed by atoms with van der Waals surface area (Å²) in [6, 6.07) is 1.89. The Balaban J connectivity index is 2.19. The molecule has 110 valence electrons. The van der Waals surface area contributed by atoms with Crippen molar-refractivity contribution in [3.05, 3.63) is 33.7 Å². The highest BCUT2D eigenvalue weighted by atomic mass is 16.2. The number of nitrogens with zero attached hydrogens (tertiary/aromatic N) is 1. The quantitative estimate of drug-likeness (QED) is 0.871. The van der Waals surface area contributed by atoms with Gasteiger partial charge in [0.2, 0.25) is 0 Å². The number of aryl methyl sites for hydroxylation is 1. The van der Waals surface area contributed by atoms with Gasteiger partial charge in [0.1, 0.15) is 5.56 Å². The second-order valence-corrected chi connectivity index (χ2v) is 5.74. The summed E-state index contributed by atoms with van der Waals surface area (Å²) in [5, 5.41) is 3.39. The first-order valence-corrected chi connectivity index (χ1v) is 7.22. The molecule has 0 radical (unpaired) electrons. The molecule has 0 spiro atoms. The summed E-state index contributed by atoms with van der Waals surface area (Å²) in [4.78, 5) is 29.3.